The lowest BCUT2D eigenvalue weighted by Gasteiger charge is -2.38. The maximum atomic E-state index is 13.1. The maximum Gasteiger partial charge on any atom is 0.408 e. The summed E-state index contributed by atoms with van der Waals surface area (Å²) in [6, 6.07) is 3.94. The number of esters is 1. The summed E-state index contributed by atoms with van der Waals surface area (Å²) in [5.41, 5.74) is 0.354. The van der Waals surface area contributed by atoms with Gasteiger partial charge in [-0.1, -0.05) is 12.1 Å². The van der Waals surface area contributed by atoms with E-state index >= 15 is 0 Å². The summed E-state index contributed by atoms with van der Waals surface area (Å²) in [4.78, 5) is 37.8. The first-order valence-corrected chi connectivity index (χ1v) is 7.13. The molecule has 1 saturated heterocycles. The van der Waals surface area contributed by atoms with Crippen LogP contribution in [0.5, 0.6) is 0 Å². The Morgan fingerprint density at radius 2 is 1.96 bits per heavy atom. The number of carboxylic acid groups (broad SMARTS) is 1. The number of carbonyl (C=O) groups is 3. The smallest absolute Gasteiger partial charge is 0.408 e. The van der Waals surface area contributed by atoms with Crippen molar-refractivity contribution in [2.24, 2.45) is 0 Å². The fraction of sp³-hybridized carbons (Fsp3) is 0.400. The summed E-state index contributed by atoms with van der Waals surface area (Å²) in [5.74, 6) is -1.57. The number of nitrogens with zero attached hydrogens (tertiary/aromatic N) is 2. The van der Waals surface area contributed by atoms with Gasteiger partial charge in [0.1, 0.15) is 18.4 Å². The Kier molecular flexibility index (Phi) is 5.15. The van der Waals surface area contributed by atoms with E-state index in [4.69, 9.17) is 4.74 Å². The van der Waals surface area contributed by atoms with Gasteiger partial charge in [-0.05, 0) is 24.6 Å². The summed E-state index contributed by atoms with van der Waals surface area (Å²) in [5, 5.41) is 9.28. The van der Waals surface area contributed by atoms with Gasteiger partial charge in [0.05, 0.1) is 6.61 Å². The van der Waals surface area contributed by atoms with Crippen LogP contribution < -0.4 is 0 Å². The highest BCUT2D eigenvalue weighted by molar-refractivity contribution is 5.90. The molecule has 1 aromatic carbocycles. The molecule has 23 heavy (non-hydrogen) atoms. The van der Waals surface area contributed by atoms with Crippen LogP contribution in [0.4, 0.5) is 9.18 Å². The van der Waals surface area contributed by atoms with Crippen molar-refractivity contribution in [3.05, 3.63) is 35.6 Å². The number of benzene rings is 1. The topological polar surface area (TPSA) is 87.2 Å². The minimum absolute atomic E-state index is 0.0581. The summed E-state index contributed by atoms with van der Waals surface area (Å²) >= 11 is 0. The first-order valence-electron chi connectivity index (χ1n) is 7.13. The second kappa shape index (κ2) is 7.08. The highest BCUT2D eigenvalue weighted by atomic mass is 19.1. The highest BCUT2D eigenvalue weighted by Gasteiger charge is 2.39. The molecule has 1 heterocycles. The zero-order valence-electron chi connectivity index (χ0n) is 12.6. The molecule has 1 unspecified atom stereocenters. The van der Waals surface area contributed by atoms with Gasteiger partial charge in [-0.25, -0.2) is 9.18 Å². The van der Waals surface area contributed by atoms with Gasteiger partial charge < -0.3 is 14.7 Å². The van der Waals surface area contributed by atoms with E-state index in [9.17, 15) is 23.9 Å². The summed E-state index contributed by atoms with van der Waals surface area (Å²) in [6.07, 6.45) is -1.25. The summed E-state index contributed by atoms with van der Waals surface area (Å²) in [6.45, 7) is 1.77. The Hall–Kier alpha value is -2.64. The SMILES string of the molecule is CCOC(=O)CN1CCN(C(=O)O)C(c2ccc(F)cc2)C1=O. The second-order valence-corrected chi connectivity index (χ2v) is 4.99. The van der Waals surface area contributed by atoms with Crippen molar-refractivity contribution in [1.29, 1.82) is 0 Å². The van der Waals surface area contributed by atoms with E-state index in [0.717, 1.165) is 17.0 Å². The molecule has 0 spiro atoms. The van der Waals surface area contributed by atoms with Gasteiger partial charge in [-0.15, -0.1) is 0 Å². The largest absolute Gasteiger partial charge is 0.465 e. The summed E-state index contributed by atoms with van der Waals surface area (Å²) in [7, 11) is 0. The van der Waals surface area contributed by atoms with Gasteiger partial charge in [0.2, 0.25) is 0 Å². The Balaban J connectivity index is 2.25. The van der Waals surface area contributed by atoms with Crippen molar-refractivity contribution in [3.8, 4) is 0 Å². The maximum absolute atomic E-state index is 13.1. The lowest BCUT2D eigenvalue weighted by atomic mass is 10.0. The molecule has 124 valence electrons. The van der Waals surface area contributed by atoms with Crippen LogP contribution in [-0.4, -0.2) is 59.1 Å². The van der Waals surface area contributed by atoms with Crippen LogP contribution in [0.15, 0.2) is 24.3 Å². The van der Waals surface area contributed by atoms with E-state index < -0.39 is 29.8 Å². The number of hydrogen-bond acceptors (Lipinski definition) is 4. The zero-order valence-corrected chi connectivity index (χ0v) is 12.6. The first kappa shape index (κ1) is 16.7. The molecule has 1 N–H and O–H groups in total. The van der Waals surface area contributed by atoms with Crippen LogP contribution in [0.2, 0.25) is 0 Å². The quantitative estimate of drug-likeness (QED) is 0.842. The van der Waals surface area contributed by atoms with E-state index in [1.54, 1.807) is 6.92 Å². The van der Waals surface area contributed by atoms with E-state index in [1.165, 1.54) is 17.0 Å². The van der Waals surface area contributed by atoms with Crippen LogP contribution in [0.3, 0.4) is 0 Å². The fourth-order valence-corrected chi connectivity index (χ4v) is 2.47. The minimum atomic E-state index is -1.25. The molecule has 0 radical (unpaired) electrons. The van der Waals surface area contributed by atoms with E-state index in [2.05, 4.69) is 0 Å². The first-order chi connectivity index (χ1) is 10.9. The Morgan fingerprint density at radius 3 is 2.52 bits per heavy atom. The number of halogens is 1. The lowest BCUT2D eigenvalue weighted by molar-refractivity contribution is -0.153. The Labute approximate surface area is 132 Å². The van der Waals surface area contributed by atoms with Crippen LogP contribution in [-0.2, 0) is 14.3 Å². The average molecular weight is 324 g/mol. The van der Waals surface area contributed by atoms with Gasteiger partial charge in [-0.2, -0.15) is 0 Å². The second-order valence-electron chi connectivity index (χ2n) is 4.99. The molecule has 0 aliphatic carbocycles. The molecule has 1 atom stereocenters. The van der Waals surface area contributed by atoms with Gasteiger partial charge in [0.15, 0.2) is 0 Å². The predicted octanol–water partition coefficient (Wildman–Crippen LogP) is 1.25. The predicted molar refractivity (Wildman–Crippen MR) is 77.1 cm³/mol. The van der Waals surface area contributed by atoms with Crippen LogP contribution >= 0.6 is 0 Å². The average Bonchev–Trinajstić information content (AvgIpc) is 2.50. The van der Waals surface area contributed by atoms with Crippen LogP contribution in [0.1, 0.15) is 18.5 Å². The monoisotopic (exact) mass is 324 g/mol. The highest BCUT2D eigenvalue weighted by Crippen LogP contribution is 2.27. The lowest BCUT2D eigenvalue weighted by Crippen LogP contribution is -2.55. The molecule has 1 aliphatic heterocycles. The van der Waals surface area contributed by atoms with Crippen molar-refractivity contribution in [3.63, 3.8) is 0 Å². The van der Waals surface area contributed by atoms with E-state index in [1.807, 2.05) is 0 Å². The Morgan fingerprint density at radius 1 is 1.30 bits per heavy atom. The normalized spacial score (nSPS) is 18.0. The number of carbonyl (C=O) groups excluding carboxylic acids is 2. The molecule has 1 fully saturated rings. The standard InChI is InChI=1S/C15H17FN2O5/c1-2-23-12(19)9-17-7-8-18(15(21)22)13(14(17)20)10-3-5-11(16)6-4-10/h3-6,13H,2,7-9H2,1H3,(H,21,22). The fourth-order valence-electron chi connectivity index (χ4n) is 2.47. The number of amides is 2. The third kappa shape index (κ3) is 3.77. The minimum Gasteiger partial charge on any atom is -0.465 e. The van der Waals surface area contributed by atoms with Crippen LogP contribution in [0.25, 0.3) is 0 Å². The third-order valence-corrected chi connectivity index (χ3v) is 3.52. The molecule has 1 aliphatic rings. The van der Waals surface area contributed by atoms with Crippen molar-refractivity contribution in [2.75, 3.05) is 26.2 Å². The van der Waals surface area contributed by atoms with Crippen molar-refractivity contribution in [2.45, 2.75) is 13.0 Å². The Bertz CT molecular complexity index is 604. The molecule has 0 bridgehead atoms. The number of rotatable bonds is 4. The number of ether oxygens (including phenoxy) is 1. The molecule has 8 heteroatoms. The molecule has 7 nitrogen and oxygen atoms in total. The van der Waals surface area contributed by atoms with Gasteiger partial charge in [0, 0.05) is 13.1 Å². The molecule has 2 rings (SSSR count). The van der Waals surface area contributed by atoms with E-state index in [-0.39, 0.29) is 26.2 Å². The van der Waals surface area contributed by atoms with Crippen molar-refractivity contribution >= 4 is 18.0 Å². The van der Waals surface area contributed by atoms with Gasteiger partial charge in [-0.3, -0.25) is 14.5 Å². The summed E-state index contributed by atoms with van der Waals surface area (Å²) < 4.78 is 17.9. The molecular weight excluding hydrogens is 307 g/mol. The van der Waals surface area contributed by atoms with Crippen molar-refractivity contribution in [1.82, 2.24) is 9.80 Å². The third-order valence-electron chi connectivity index (χ3n) is 3.52. The van der Waals surface area contributed by atoms with Gasteiger partial charge >= 0.3 is 12.1 Å². The van der Waals surface area contributed by atoms with Crippen LogP contribution in [0, 0.1) is 5.82 Å². The number of piperazine rings is 1. The zero-order chi connectivity index (χ0) is 17.0. The molecule has 2 amide bonds. The van der Waals surface area contributed by atoms with Gasteiger partial charge in [0.25, 0.3) is 5.91 Å². The molecule has 0 saturated carbocycles. The number of hydrogen-bond donors (Lipinski definition) is 1. The molecular formula is C15H17FN2O5. The van der Waals surface area contributed by atoms with Crippen molar-refractivity contribution < 1.29 is 28.6 Å². The molecule has 1 aromatic rings. The molecule has 0 aromatic heterocycles. The van der Waals surface area contributed by atoms with E-state index in [0.29, 0.717) is 5.56 Å².